The van der Waals surface area contributed by atoms with Crippen LogP contribution in [-0.4, -0.2) is 14.2 Å². The molecule has 25 heavy (non-hydrogen) atoms. The molecule has 0 bridgehead atoms. The Morgan fingerprint density at radius 1 is 0.920 bits per heavy atom. The summed E-state index contributed by atoms with van der Waals surface area (Å²) >= 11 is 0. The number of rotatable bonds is 6. The SMILES string of the molecule is CC(=O)c1cccc(S(=O)(=O)Nc2c(C(C)C)cccc2C(C)C)c1. The summed E-state index contributed by atoms with van der Waals surface area (Å²) in [6.07, 6.45) is 0. The van der Waals surface area contributed by atoms with Crippen molar-refractivity contribution in [1.29, 1.82) is 0 Å². The monoisotopic (exact) mass is 359 g/mol. The number of carbonyl (C=O) groups is 1. The minimum atomic E-state index is -3.78. The molecule has 5 heteroatoms. The summed E-state index contributed by atoms with van der Waals surface area (Å²) in [6.45, 7) is 9.56. The molecule has 0 aliphatic carbocycles. The Labute approximate surface area is 150 Å². The molecule has 0 heterocycles. The molecular weight excluding hydrogens is 334 g/mol. The predicted octanol–water partition coefficient (Wildman–Crippen LogP) is 4.94. The summed E-state index contributed by atoms with van der Waals surface area (Å²) in [6, 6.07) is 12.0. The molecule has 2 aromatic carbocycles. The van der Waals surface area contributed by atoms with Gasteiger partial charge in [-0.2, -0.15) is 0 Å². The first-order chi connectivity index (χ1) is 11.6. The second kappa shape index (κ2) is 7.40. The van der Waals surface area contributed by atoms with Crippen molar-refractivity contribution < 1.29 is 13.2 Å². The Hall–Kier alpha value is -2.14. The van der Waals surface area contributed by atoms with Crippen LogP contribution in [0, 0.1) is 0 Å². The molecule has 0 unspecified atom stereocenters. The first kappa shape index (κ1) is 19.2. The predicted molar refractivity (Wildman–Crippen MR) is 102 cm³/mol. The first-order valence-electron chi connectivity index (χ1n) is 8.40. The quantitative estimate of drug-likeness (QED) is 0.743. The van der Waals surface area contributed by atoms with E-state index in [9.17, 15) is 13.2 Å². The Kier molecular flexibility index (Phi) is 5.68. The van der Waals surface area contributed by atoms with Crippen LogP contribution in [0.25, 0.3) is 0 Å². The van der Waals surface area contributed by atoms with Crippen LogP contribution >= 0.6 is 0 Å². The fraction of sp³-hybridized carbons (Fsp3) is 0.350. The summed E-state index contributed by atoms with van der Waals surface area (Å²) in [5.74, 6) is 0.197. The molecular formula is C20H25NO3S. The van der Waals surface area contributed by atoms with E-state index in [0.717, 1.165) is 11.1 Å². The van der Waals surface area contributed by atoms with Gasteiger partial charge >= 0.3 is 0 Å². The Balaban J connectivity index is 2.55. The number of carbonyl (C=O) groups excluding carboxylic acids is 1. The lowest BCUT2D eigenvalue weighted by Gasteiger charge is -2.21. The van der Waals surface area contributed by atoms with E-state index in [1.807, 2.05) is 45.9 Å². The van der Waals surface area contributed by atoms with Crippen LogP contribution in [0.3, 0.4) is 0 Å². The van der Waals surface area contributed by atoms with E-state index in [-0.39, 0.29) is 22.5 Å². The Morgan fingerprint density at radius 3 is 1.92 bits per heavy atom. The molecule has 0 spiro atoms. The van der Waals surface area contributed by atoms with E-state index >= 15 is 0 Å². The van der Waals surface area contributed by atoms with Crippen LogP contribution in [0.4, 0.5) is 5.69 Å². The van der Waals surface area contributed by atoms with E-state index in [1.54, 1.807) is 12.1 Å². The lowest BCUT2D eigenvalue weighted by atomic mass is 9.93. The van der Waals surface area contributed by atoms with E-state index < -0.39 is 10.0 Å². The van der Waals surface area contributed by atoms with Crippen LogP contribution in [-0.2, 0) is 10.0 Å². The molecule has 0 amide bonds. The molecule has 0 aliphatic rings. The van der Waals surface area contributed by atoms with Gasteiger partial charge < -0.3 is 0 Å². The minimum Gasteiger partial charge on any atom is -0.295 e. The fourth-order valence-corrected chi connectivity index (χ4v) is 3.91. The fourth-order valence-electron chi connectivity index (χ4n) is 2.74. The van der Waals surface area contributed by atoms with Crippen molar-refractivity contribution in [2.75, 3.05) is 4.72 Å². The average Bonchev–Trinajstić information content (AvgIpc) is 2.54. The van der Waals surface area contributed by atoms with Crippen molar-refractivity contribution in [2.24, 2.45) is 0 Å². The molecule has 134 valence electrons. The van der Waals surface area contributed by atoms with Gasteiger partial charge in [-0.25, -0.2) is 8.42 Å². The van der Waals surface area contributed by atoms with Gasteiger partial charge in [-0.15, -0.1) is 0 Å². The minimum absolute atomic E-state index is 0.0912. The first-order valence-corrected chi connectivity index (χ1v) is 9.88. The maximum atomic E-state index is 12.9. The average molecular weight is 359 g/mol. The number of sulfonamides is 1. The normalized spacial score (nSPS) is 11.8. The maximum absolute atomic E-state index is 12.9. The van der Waals surface area contributed by atoms with Gasteiger partial charge in [0.15, 0.2) is 5.78 Å². The lowest BCUT2D eigenvalue weighted by molar-refractivity contribution is 0.101. The Morgan fingerprint density at radius 2 is 1.44 bits per heavy atom. The highest BCUT2D eigenvalue weighted by molar-refractivity contribution is 7.92. The number of hydrogen-bond acceptors (Lipinski definition) is 3. The van der Waals surface area contributed by atoms with Crippen LogP contribution in [0.2, 0.25) is 0 Å². The number of hydrogen-bond donors (Lipinski definition) is 1. The summed E-state index contributed by atoms with van der Waals surface area (Å²) < 4.78 is 28.6. The van der Waals surface area contributed by atoms with Crippen molar-refractivity contribution >= 4 is 21.5 Å². The molecule has 0 aliphatic heterocycles. The van der Waals surface area contributed by atoms with Crippen LogP contribution < -0.4 is 4.72 Å². The van der Waals surface area contributed by atoms with Gasteiger partial charge in [0.05, 0.1) is 10.6 Å². The third kappa shape index (κ3) is 4.28. The van der Waals surface area contributed by atoms with Gasteiger partial charge in [-0.3, -0.25) is 9.52 Å². The Bertz CT molecular complexity index is 857. The van der Waals surface area contributed by atoms with Crippen LogP contribution in [0.15, 0.2) is 47.4 Å². The number of para-hydroxylation sites is 1. The molecule has 0 atom stereocenters. The lowest BCUT2D eigenvalue weighted by Crippen LogP contribution is -2.17. The number of Topliss-reactive ketones (excluding diaryl/α,β-unsaturated/α-hetero) is 1. The van der Waals surface area contributed by atoms with E-state index in [2.05, 4.69) is 4.72 Å². The second-order valence-corrected chi connectivity index (χ2v) is 8.49. The molecule has 0 aromatic heterocycles. The standard InChI is InChI=1S/C20H25NO3S/c1-13(2)18-10-7-11-19(14(3)4)20(18)21-25(23,24)17-9-6-8-16(12-17)15(5)22/h6-14,21H,1-5H3. The second-order valence-electron chi connectivity index (χ2n) is 6.81. The summed E-state index contributed by atoms with van der Waals surface area (Å²) in [7, 11) is -3.78. The molecule has 0 saturated carbocycles. The van der Waals surface area contributed by atoms with Gasteiger partial charge in [0.25, 0.3) is 10.0 Å². The van der Waals surface area contributed by atoms with Gasteiger partial charge in [-0.05, 0) is 42.0 Å². The zero-order chi connectivity index (χ0) is 18.8. The van der Waals surface area contributed by atoms with Crippen molar-refractivity contribution in [2.45, 2.75) is 51.3 Å². The molecule has 2 aromatic rings. The molecule has 0 fully saturated rings. The summed E-state index contributed by atoms with van der Waals surface area (Å²) in [5, 5.41) is 0. The third-order valence-electron chi connectivity index (χ3n) is 4.16. The highest BCUT2D eigenvalue weighted by Crippen LogP contribution is 2.34. The zero-order valence-corrected chi connectivity index (χ0v) is 16.1. The smallest absolute Gasteiger partial charge is 0.261 e. The van der Waals surface area contributed by atoms with Crippen LogP contribution in [0.1, 0.15) is 67.9 Å². The van der Waals surface area contributed by atoms with Crippen molar-refractivity contribution in [3.63, 3.8) is 0 Å². The molecule has 4 nitrogen and oxygen atoms in total. The largest absolute Gasteiger partial charge is 0.295 e. The molecule has 2 rings (SSSR count). The van der Waals surface area contributed by atoms with Crippen molar-refractivity contribution in [3.8, 4) is 0 Å². The van der Waals surface area contributed by atoms with Crippen molar-refractivity contribution in [3.05, 3.63) is 59.2 Å². The van der Waals surface area contributed by atoms with E-state index in [1.165, 1.54) is 19.1 Å². The van der Waals surface area contributed by atoms with Crippen molar-refractivity contribution in [1.82, 2.24) is 0 Å². The zero-order valence-electron chi connectivity index (χ0n) is 15.3. The molecule has 1 N–H and O–H groups in total. The van der Waals surface area contributed by atoms with Gasteiger partial charge in [-0.1, -0.05) is 58.0 Å². The molecule has 0 radical (unpaired) electrons. The molecule has 0 saturated heterocycles. The number of benzene rings is 2. The van der Waals surface area contributed by atoms with Gasteiger partial charge in [0, 0.05) is 5.56 Å². The van der Waals surface area contributed by atoms with Gasteiger partial charge in [0.2, 0.25) is 0 Å². The maximum Gasteiger partial charge on any atom is 0.261 e. The summed E-state index contributed by atoms with van der Waals surface area (Å²) in [4.78, 5) is 11.6. The van der Waals surface area contributed by atoms with Gasteiger partial charge in [0.1, 0.15) is 0 Å². The van der Waals surface area contributed by atoms with E-state index in [0.29, 0.717) is 11.3 Å². The summed E-state index contributed by atoms with van der Waals surface area (Å²) in [5.41, 5.74) is 2.93. The highest BCUT2D eigenvalue weighted by atomic mass is 32.2. The number of nitrogens with one attached hydrogen (secondary N) is 1. The topological polar surface area (TPSA) is 63.2 Å². The number of ketones is 1. The number of anilines is 1. The highest BCUT2D eigenvalue weighted by Gasteiger charge is 2.21. The van der Waals surface area contributed by atoms with E-state index in [4.69, 9.17) is 0 Å². The third-order valence-corrected chi connectivity index (χ3v) is 5.51. The van der Waals surface area contributed by atoms with Crippen LogP contribution in [0.5, 0.6) is 0 Å².